The van der Waals surface area contributed by atoms with Crippen LogP contribution in [0.4, 0.5) is 0 Å². The van der Waals surface area contributed by atoms with Gasteiger partial charge < -0.3 is 4.98 Å². The Hall–Kier alpha value is -1.90. The highest BCUT2D eigenvalue weighted by atomic mass is 32.2. The molecular weight excluding hydrogens is 322 g/mol. The molecule has 0 spiro atoms. The molecule has 0 unspecified atom stereocenters. The predicted molar refractivity (Wildman–Crippen MR) is 87.7 cm³/mol. The lowest BCUT2D eigenvalue weighted by molar-refractivity contribution is 0.588. The number of hydrogen-bond acceptors (Lipinski definition) is 4. The van der Waals surface area contributed by atoms with Gasteiger partial charge in [0.1, 0.15) is 0 Å². The molecule has 3 aromatic rings. The molecule has 3 rings (SSSR count). The van der Waals surface area contributed by atoms with Crippen LogP contribution in [0, 0.1) is 0 Å². The number of aromatic nitrogens is 2. The van der Waals surface area contributed by atoms with Crippen molar-refractivity contribution in [3.05, 3.63) is 56.6 Å². The Bertz CT molecular complexity index is 967. The summed E-state index contributed by atoms with van der Waals surface area (Å²) in [6.07, 6.45) is 1.13. The van der Waals surface area contributed by atoms with Crippen LogP contribution < -0.4 is 10.4 Å². The zero-order valence-electron chi connectivity index (χ0n) is 11.9. The molecule has 8 heteroatoms. The van der Waals surface area contributed by atoms with E-state index in [9.17, 15) is 13.2 Å². The lowest BCUT2D eigenvalue weighted by Gasteiger charge is -2.01. The molecule has 0 bridgehead atoms. The molecule has 0 aliphatic heterocycles. The molecule has 2 heterocycles. The van der Waals surface area contributed by atoms with Gasteiger partial charge in [0.25, 0.3) is 0 Å². The second kappa shape index (κ2) is 5.71. The first-order chi connectivity index (χ1) is 10.4. The monoisotopic (exact) mass is 337 g/mol. The SMILES string of the molecule is CS(=O)(=O)NCc1ccc(Cn2c(=O)[nH]c3ccccc32)s1. The summed E-state index contributed by atoms with van der Waals surface area (Å²) in [5.41, 5.74) is 1.52. The van der Waals surface area contributed by atoms with Crippen molar-refractivity contribution in [2.45, 2.75) is 13.1 Å². The predicted octanol–water partition coefficient (Wildman–Crippen LogP) is 1.49. The molecule has 0 saturated carbocycles. The van der Waals surface area contributed by atoms with Crippen LogP contribution in [-0.2, 0) is 23.1 Å². The first-order valence-corrected chi connectivity index (χ1v) is 9.33. The van der Waals surface area contributed by atoms with E-state index >= 15 is 0 Å². The van der Waals surface area contributed by atoms with Gasteiger partial charge in [-0.25, -0.2) is 17.9 Å². The molecule has 0 atom stereocenters. The Balaban J connectivity index is 1.82. The van der Waals surface area contributed by atoms with E-state index in [4.69, 9.17) is 0 Å². The first-order valence-electron chi connectivity index (χ1n) is 6.62. The summed E-state index contributed by atoms with van der Waals surface area (Å²) in [5, 5.41) is 0. The maximum atomic E-state index is 12.0. The topological polar surface area (TPSA) is 84.0 Å². The van der Waals surface area contributed by atoms with Crippen molar-refractivity contribution in [1.29, 1.82) is 0 Å². The number of nitrogens with one attached hydrogen (secondary N) is 2. The van der Waals surface area contributed by atoms with E-state index in [-0.39, 0.29) is 12.2 Å². The number of H-pyrrole nitrogens is 1. The number of imidazole rings is 1. The van der Waals surface area contributed by atoms with Gasteiger partial charge in [-0.1, -0.05) is 12.1 Å². The van der Waals surface area contributed by atoms with Gasteiger partial charge in [-0.3, -0.25) is 4.57 Å². The normalized spacial score (nSPS) is 12.0. The van der Waals surface area contributed by atoms with Gasteiger partial charge in [0.15, 0.2) is 0 Å². The van der Waals surface area contributed by atoms with E-state index in [1.54, 1.807) is 4.57 Å². The summed E-state index contributed by atoms with van der Waals surface area (Å²) in [4.78, 5) is 16.8. The highest BCUT2D eigenvalue weighted by molar-refractivity contribution is 7.88. The Morgan fingerprint density at radius 1 is 1.18 bits per heavy atom. The third kappa shape index (κ3) is 3.29. The summed E-state index contributed by atoms with van der Waals surface area (Å²) >= 11 is 1.49. The molecule has 0 fully saturated rings. The zero-order valence-corrected chi connectivity index (χ0v) is 13.5. The van der Waals surface area contributed by atoms with Gasteiger partial charge in [0, 0.05) is 16.3 Å². The number of aromatic amines is 1. The molecular formula is C14H15N3O3S2. The van der Waals surface area contributed by atoms with E-state index in [2.05, 4.69) is 9.71 Å². The highest BCUT2D eigenvalue weighted by Gasteiger charge is 2.09. The molecule has 0 radical (unpaired) electrons. The summed E-state index contributed by atoms with van der Waals surface area (Å²) < 4.78 is 26.3. The molecule has 0 amide bonds. The van der Waals surface area contributed by atoms with E-state index in [1.807, 2.05) is 36.4 Å². The van der Waals surface area contributed by atoms with E-state index in [1.165, 1.54) is 11.3 Å². The third-order valence-corrected chi connectivity index (χ3v) is 4.96. The van der Waals surface area contributed by atoms with Crippen molar-refractivity contribution >= 4 is 32.4 Å². The maximum Gasteiger partial charge on any atom is 0.326 e. The number of fused-ring (bicyclic) bond motifs is 1. The molecule has 22 heavy (non-hydrogen) atoms. The van der Waals surface area contributed by atoms with Crippen LogP contribution in [-0.4, -0.2) is 24.2 Å². The fourth-order valence-electron chi connectivity index (χ4n) is 2.22. The van der Waals surface area contributed by atoms with Gasteiger partial charge in [0.2, 0.25) is 10.0 Å². The maximum absolute atomic E-state index is 12.0. The number of rotatable bonds is 5. The van der Waals surface area contributed by atoms with Gasteiger partial charge in [-0.15, -0.1) is 11.3 Å². The van der Waals surface area contributed by atoms with Crippen molar-refractivity contribution in [2.24, 2.45) is 0 Å². The lowest BCUT2D eigenvalue weighted by atomic mass is 10.3. The minimum atomic E-state index is -3.20. The van der Waals surface area contributed by atoms with Crippen molar-refractivity contribution in [3.8, 4) is 0 Å². The molecule has 6 nitrogen and oxygen atoms in total. The van der Waals surface area contributed by atoms with E-state index in [0.29, 0.717) is 6.54 Å². The molecule has 0 aliphatic carbocycles. The summed E-state index contributed by atoms with van der Waals surface area (Å²) in [5.74, 6) is 0. The van der Waals surface area contributed by atoms with Crippen molar-refractivity contribution in [2.75, 3.05) is 6.26 Å². The standard InChI is InChI=1S/C14H15N3O3S2/c1-22(19,20)15-8-10-6-7-11(21-10)9-17-13-5-3-2-4-12(13)16-14(17)18/h2-7,15H,8-9H2,1H3,(H,16,18). The Kier molecular flexibility index (Phi) is 3.90. The van der Waals surface area contributed by atoms with Crippen LogP contribution >= 0.6 is 11.3 Å². The third-order valence-electron chi connectivity index (χ3n) is 3.22. The summed E-state index contributed by atoms with van der Waals surface area (Å²) in [6, 6.07) is 11.3. The van der Waals surface area contributed by atoms with Gasteiger partial charge >= 0.3 is 5.69 Å². The largest absolute Gasteiger partial charge is 0.326 e. The van der Waals surface area contributed by atoms with Crippen LogP contribution in [0.1, 0.15) is 9.75 Å². The minimum Gasteiger partial charge on any atom is -0.306 e. The number of hydrogen-bond donors (Lipinski definition) is 2. The summed E-state index contributed by atoms with van der Waals surface area (Å²) in [6.45, 7) is 0.735. The van der Waals surface area contributed by atoms with E-state index < -0.39 is 10.0 Å². The number of benzene rings is 1. The van der Waals surface area contributed by atoms with Gasteiger partial charge in [-0.2, -0.15) is 0 Å². The smallest absolute Gasteiger partial charge is 0.306 e. The Labute approximate surface area is 131 Å². The number of sulfonamides is 1. The van der Waals surface area contributed by atoms with Crippen molar-refractivity contribution in [3.63, 3.8) is 0 Å². The Morgan fingerprint density at radius 2 is 1.91 bits per heavy atom. The quantitative estimate of drug-likeness (QED) is 0.740. The second-order valence-electron chi connectivity index (χ2n) is 4.99. The Morgan fingerprint density at radius 3 is 2.68 bits per heavy atom. The first kappa shape index (κ1) is 15.0. The van der Waals surface area contributed by atoms with Crippen LogP contribution in [0.15, 0.2) is 41.2 Å². The van der Waals surface area contributed by atoms with Crippen LogP contribution in [0.3, 0.4) is 0 Å². The molecule has 2 N–H and O–H groups in total. The van der Waals surface area contributed by atoms with Gasteiger partial charge in [0.05, 0.1) is 23.8 Å². The van der Waals surface area contributed by atoms with E-state index in [0.717, 1.165) is 27.0 Å². The average molecular weight is 337 g/mol. The average Bonchev–Trinajstić information content (AvgIpc) is 3.02. The van der Waals surface area contributed by atoms with Crippen molar-refractivity contribution < 1.29 is 8.42 Å². The zero-order chi connectivity index (χ0) is 15.7. The van der Waals surface area contributed by atoms with Crippen LogP contribution in [0.5, 0.6) is 0 Å². The van der Waals surface area contributed by atoms with Crippen LogP contribution in [0.25, 0.3) is 11.0 Å². The molecule has 2 aromatic heterocycles. The van der Waals surface area contributed by atoms with Crippen molar-refractivity contribution in [1.82, 2.24) is 14.3 Å². The van der Waals surface area contributed by atoms with Crippen LogP contribution in [0.2, 0.25) is 0 Å². The fourth-order valence-corrected chi connectivity index (χ4v) is 3.68. The fraction of sp³-hybridized carbons (Fsp3) is 0.214. The number of para-hydroxylation sites is 2. The molecule has 116 valence electrons. The number of thiophene rings is 1. The molecule has 1 aromatic carbocycles. The second-order valence-corrected chi connectivity index (χ2v) is 8.08. The molecule has 0 saturated heterocycles. The molecule has 0 aliphatic rings. The highest BCUT2D eigenvalue weighted by Crippen LogP contribution is 2.19. The van der Waals surface area contributed by atoms with Gasteiger partial charge in [-0.05, 0) is 24.3 Å². The summed E-state index contributed by atoms with van der Waals surface area (Å²) in [7, 11) is -3.20. The minimum absolute atomic E-state index is 0.148. The lowest BCUT2D eigenvalue weighted by Crippen LogP contribution is -2.20. The number of nitrogens with zero attached hydrogens (tertiary/aromatic N) is 1.